The Morgan fingerprint density at radius 3 is 2.52 bits per heavy atom. The van der Waals surface area contributed by atoms with Gasteiger partial charge in [-0.25, -0.2) is 13.6 Å². The summed E-state index contributed by atoms with van der Waals surface area (Å²) in [7, 11) is -4.00. The quantitative estimate of drug-likeness (QED) is 0.603. The van der Waals surface area contributed by atoms with E-state index in [1.165, 1.54) is 25.0 Å². The van der Waals surface area contributed by atoms with E-state index < -0.39 is 14.9 Å². The van der Waals surface area contributed by atoms with Crippen molar-refractivity contribution in [3.05, 3.63) is 28.3 Å². The zero-order chi connectivity index (χ0) is 19.6. The number of hydrogen-bond acceptors (Lipinski definition) is 6. The summed E-state index contributed by atoms with van der Waals surface area (Å²) >= 11 is 0. The highest BCUT2D eigenvalue weighted by atomic mass is 32.2. The maximum Gasteiger partial charge on any atom is 0.272 e. The smallest absolute Gasteiger partial charge is 0.272 e. The van der Waals surface area contributed by atoms with Crippen molar-refractivity contribution in [2.24, 2.45) is 17.0 Å². The first-order valence-corrected chi connectivity index (χ1v) is 11.1. The van der Waals surface area contributed by atoms with Gasteiger partial charge in [0.2, 0.25) is 10.0 Å². The van der Waals surface area contributed by atoms with Gasteiger partial charge in [-0.05, 0) is 56.7 Å². The summed E-state index contributed by atoms with van der Waals surface area (Å²) in [6.07, 6.45) is 4.58. The Morgan fingerprint density at radius 1 is 1.19 bits per heavy atom. The highest BCUT2D eigenvalue weighted by Gasteiger charge is 2.26. The van der Waals surface area contributed by atoms with Crippen LogP contribution in [0.15, 0.2) is 23.1 Å². The molecule has 0 bridgehead atoms. The van der Waals surface area contributed by atoms with E-state index in [4.69, 9.17) is 5.14 Å². The van der Waals surface area contributed by atoms with Crippen LogP contribution in [0.1, 0.15) is 32.6 Å². The summed E-state index contributed by atoms with van der Waals surface area (Å²) in [4.78, 5) is 15.0. The number of non-ortho nitro benzene ring substituents is 1. The van der Waals surface area contributed by atoms with Crippen LogP contribution >= 0.6 is 0 Å². The minimum atomic E-state index is -4.00. The van der Waals surface area contributed by atoms with Crippen LogP contribution < -0.4 is 10.0 Å². The number of nitro benzene ring substituents is 1. The number of nitrogens with zero attached hydrogens (tertiary/aromatic N) is 3. The van der Waals surface area contributed by atoms with E-state index in [2.05, 4.69) is 16.7 Å². The van der Waals surface area contributed by atoms with Crippen molar-refractivity contribution in [3.63, 3.8) is 0 Å². The number of benzene rings is 1. The first-order valence-electron chi connectivity index (χ1n) is 9.52. The summed E-state index contributed by atoms with van der Waals surface area (Å²) in [6.45, 7) is 7.12. The second-order valence-corrected chi connectivity index (χ2v) is 9.49. The first kappa shape index (κ1) is 20.0. The van der Waals surface area contributed by atoms with Gasteiger partial charge < -0.3 is 9.80 Å². The number of nitro groups is 1. The van der Waals surface area contributed by atoms with Gasteiger partial charge in [0.15, 0.2) is 0 Å². The lowest BCUT2D eigenvalue weighted by Gasteiger charge is -2.38. The van der Waals surface area contributed by atoms with Gasteiger partial charge in [-0.15, -0.1) is 0 Å². The van der Waals surface area contributed by atoms with Gasteiger partial charge in [0.1, 0.15) is 0 Å². The van der Waals surface area contributed by atoms with Crippen molar-refractivity contribution >= 4 is 21.4 Å². The van der Waals surface area contributed by atoms with E-state index in [1.54, 1.807) is 0 Å². The topological polar surface area (TPSA) is 110 Å². The Hall–Kier alpha value is -1.71. The van der Waals surface area contributed by atoms with E-state index in [9.17, 15) is 18.5 Å². The molecule has 1 unspecified atom stereocenters. The monoisotopic (exact) mass is 396 g/mol. The predicted octanol–water partition coefficient (Wildman–Crippen LogP) is 2.19. The molecule has 0 spiro atoms. The Bertz CT molecular complexity index is 791. The van der Waals surface area contributed by atoms with Crippen molar-refractivity contribution in [3.8, 4) is 0 Å². The zero-order valence-electron chi connectivity index (χ0n) is 15.7. The molecule has 1 atom stereocenters. The minimum absolute atomic E-state index is 0.209. The third-order valence-electron chi connectivity index (χ3n) is 5.69. The largest absolute Gasteiger partial charge is 0.371 e. The number of hydrogen-bond donors (Lipinski definition) is 1. The van der Waals surface area contributed by atoms with Crippen molar-refractivity contribution in [1.29, 1.82) is 0 Å². The molecule has 0 aliphatic carbocycles. The summed E-state index contributed by atoms with van der Waals surface area (Å²) < 4.78 is 23.5. The maximum absolute atomic E-state index is 11.7. The van der Waals surface area contributed by atoms with Gasteiger partial charge >= 0.3 is 0 Å². The number of rotatable bonds is 5. The summed E-state index contributed by atoms with van der Waals surface area (Å²) in [5.74, 6) is 1.27. The van der Waals surface area contributed by atoms with Crippen LogP contribution in [0.5, 0.6) is 0 Å². The molecule has 2 saturated heterocycles. The molecular weight excluding hydrogens is 368 g/mol. The lowest BCUT2D eigenvalue weighted by atomic mass is 9.94. The van der Waals surface area contributed by atoms with E-state index in [-0.39, 0.29) is 10.6 Å². The van der Waals surface area contributed by atoms with Gasteiger partial charge in [-0.1, -0.05) is 6.92 Å². The number of likely N-dealkylation sites (tertiary alicyclic amines) is 1. The Balaban J connectivity index is 1.75. The molecule has 0 aromatic heterocycles. The third kappa shape index (κ3) is 5.18. The molecule has 0 saturated carbocycles. The van der Waals surface area contributed by atoms with Gasteiger partial charge in [-0.3, -0.25) is 10.1 Å². The molecule has 3 rings (SSSR count). The number of sulfonamides is 1. The molecule has 1 aromatic carbocycles. The van der Waals surface area contributed by atoms with Gasteiger partial charge in [0, 0.05) is 37.5 Å². The maximum atomic E-state index is 11.7. The van der Waals surface area contributed by atoms with Crippen LogP contribution in [0, 0.1) is 22.0 Å². The fourth-order valence-corrected chi connectivity index (χ4v) is 4.65. The molecule has 0 radical (unpaired) electrons. The van der Waals surface area contributed by atoms with Crippen molar-refractivity contribution in [1.82, 2.24) is 4.90 Å². The lowest BCUT2D eigenvalue weighted by Crippen LogP contribution is -2.43. The molecule has 2 N–H and O–H groups in total. The SMILES string of the molecule is CC1CCN(CC2CCCN(c3cc([N+](=O)[O-])cc(S(N)(=O)=O)c3)C2)CC1. The summed E-state index contributed by atoms with van der Waals surface area (Å²) in [5, 5.41) is 16.4. The number of piperidine rings is 2. The van der Waals surface area contributed by atoms with Gasteiger partial charge in [-0.2, -0.15) is 0 Å². The van der Waals surface area contributed by atoms with E-state index >= 15 is 0 Å². The Morgan fingerprint density at radius 2 is 1.89 bits per heavy atom. The van der Waals surface area contributed by atoms with Crippen LogP contribution in [-0.4, -0.2) is 51.0 Å². The molecule has 150 valence electrons. The fourth-order valence-electron chi connectivity index (χ4n) is 4.08. The van der Waals surface area contributed by atoms with Crippen LogP contribution in [0.2, 0.25) is 0 Å². The molecule has 2 fully saturated rings. The van der Waals surface area contributed by atoms with Gasteiger partial charge in [0.25, 0.3) is 5.69 Å². The third-order valence-corrected chi connectivity index (χ3v) is 6.58. The number of primary sulfonamides is 1. The molecule has 27 heavy (non-hydrogen) atoms. The number of nitrogens with two attached hydrogens (primary N) is 1. The summed E-state index contributed by atoms with van der Waals surface area (Å²) in [6, 6.07) is 3.92. The van der Waals surface area contributed by atoms with Gasteiger partial charge in [0.05, 0.1) is 9.82 Å². The zero-order valence-corrected chi connectivity index (χ0v) is 16.5. The fraction of sp³-hybridized carbons (Fsp3) is 0.667. The highest BCUT2D eigenvalue weighted by Crippen LogP contribution is 2.30. The Labute approximate surface area is 160 Å². The average Bonchev–Trinajstić information content (AvgIpc) is 2.63. The standard InChI is InChI=1S/C18H28N4O4S/c1-14-4-7-20(8-5-14)12-15-3-2-6-21(13-15)16-9-17(22(23)24)11-18(10-16)27(19,25)26/h9-11,14-15H,2-8,12-13H2,1H3,(H2,19,25,26). The second kappa shape index (κ2) is 8.12. The van der Waals surface area contributed by atoms with Crippen LogP contribution in [0.3, 0.4) is 0 Å². The molecule has 2 aliphatic rings. The lowest BCUT2D eigenvalue weighted by molar-refractivity contribution is -0.385. The van der Waals surface area contributed by atoms with E-state index in [1.807, 2.05) is 0 Å². The van der Waals surface area contributed by atoms with Crippen molar-refractivity contribution in [2.75, 3.05) is 37.6 Å². The Kier molecular flexibility index (Phi) is 6.02. The first-order chi connectivity index (χ1) is 12.7. The molecule has 8 nitrogen and oxygen atoms in total. The molecule has 9 heteroatoms. The minimum Gasteiger partial charge on any atom is -0.371 e. The van der Waals surface area contributed by atoms with E-state index in [0.29, 0.717) is 11.6 Å². The normalized spacial score (nSPS) is 22.7. The van der Waals surface area contributed by atoms with Crippen LogP contribution in [0.4, 0.5) is 11.4 Å². The molecule has 0 amide bonds. The van der Waals surface area contributed by atoms with E-state index in [0.717, 1.165) is 57.5 Å². The molecular formula is C18H28N4O4S. The van der Waals surface area contributed by atoms with Crippen LogP contribution in [-0.2, 0) is 10.0 Å². The predicted molar refractivity (Wildman–Crippen MR) is 104 cm³/mol. The molecule has 2 heterocycles. The number of anilines is 1. The molecule has 2 aliphatic heterocycles. The van der Waals surface area contributed by atoms with Crippen molar-refractivity contribution < 1.29 is 13.3 Å². The summed E-state index contributed by atoms with van der Waals surface area (Å²) in [5.41, 5.74) is 0.314. The average molecular weight is 397 g/mol. The van der Waals surface area contributed by atoms with Crippen LogP contribution in [0.25, 0.3) is 0 Å². The second-order valence-electron chi connectivity index (χ2n) is 7.92. The highest BCUT2D eigenvalue weighted by molar-refractivity contribution is 7.89. The molecule has 1 aromatic rings. The van der Waals surface area contributed by atoms with Crippen molar-refractivity contribution in [2.45, 2.75) is 37.5 Å².